The quantitative estimate of drug-likeness (QED) is 0.300. The summed E-state index contributed by atoms with van der Waals surface area (Å²) < 4.78 is 8.69. The number of likely N-dealkylation sites (N-methyl/N-ethyl adjacent to an activating group) is 1. The molecule has 3 atom stereocenters. The number of ether oxygens (including phenoxy) is 1. The molecule has 0 spiro atoms. The molecular weight excluding hydrogens is 540 g/mol. The highest BCUT2D eigenvalue weighted by molar-refractivity contribution is 5.96. The zero-order valence-electron chi connectivity index (χ0n) is 25.5. The Balaban J connectivity index is 1.37. The number of carbonyl (C=O) groups excluding carboxylic acids is 2. The van der Waals surface area contributed by atoms with E-state index >= 15 is 0 Å². The van der Waals surface area contributed by atoms with Gasteiger partial charge in [0.25, 0.3) is 0 Å². The number of hydrogen-bond acceptors (Lipinski definition) is 5. The largest absolute Gasteiger partial charge is 0.488 e. The number of nitrogens with zero attached hydrogens (tertiary/aromatic N) is 3. The molecule has 2 amide bonds. The number of aryl methyl sites for hydroxylation is 1. The first-order chi connectivity index (χ1) is 20.7. The van der Waals surface area contributed by atoms with Gasteiger partial charge in [0.1, 0.15) is 11.9 Å². The highest BCUT2D eigenvalue weighted by atomic mass is 16.5. The van der Waals surface area contributed by atoms with E-state index in [4.69, 9.17) is 4.74 Å². The summed E-state index contributed by atoms with van der Waals surface area (Å²) in [6.45, 7) is 5.76. The van der Waals surface area contributed by atoms with Crippen LogP contribution in [0.1, 0.15) is 30.5 Å². The number of benzene rings is 3. The van der Waals surface area contributed by atoms with E-state index < -0.39 is 0 Å². The number of amides is 2. The second-order valence-electron chi connectivity index (χ2n) is 11.9. The summed E-state index contributed by atoms with van der Waals surface area (Å²) in [5.41, 5.74) is 4.59. The summed E-state index contributed by atoms with van der Waals surface area (Å²) in [6, 6.07) is 23.6. The van der Waals surface area contributed by atoms with E-state index in [1.165, 1.54) is 5.56 Å². The SMILES string of the molecule is C[C@@H]1CN([C@H](C)CO)C(=O)Cc2cc(NC(=O)Cc3cn(C)c4ccccc34)ccc2O[C@H]1CN(C)Cc1ccccc1. The molecule has 0 aliphatic carbocycles. The molecule has 0 fully saturated rings. The third-order valence-electron chi connectivity index (χ3n) is 8.32. The van der Waals surface area contributed by atoms with Gasteiger partial charge in [0.15, 0.2) is 0 Å². The summed E-state index contributed by atoms with van der Waals surface area (Å²) in [6.07, 6.45) is 2.15. The van der Waals surface area contributed by atoms with Crippen LogP contribution in [-0.4, -0.2) is 70.2 Å². The van der Waals surface area contributed by atoms with Crippen molar-refractivity contribution in [2.24, 2.45) is 13.0 Å². The van der Waals surface area contributed by atoms with Crippen molar-refractivity contribution in [2.45, 2.75) is 45.4 Å². The Hall–Kier alpha value is -4.14. The minimum Gasteiger partial charge on any atom is -0.488 e. The molecule has 2 heterocycles. The number of aliphatic hydroxyl groups is 1. The lowest BCUT2D eigenvalue weighted by atomic mass is 10.0. The third-order valence-corrected chi connectivity index (χ3v) is 8.32. The van der Waals surface area contributed by atoms with Gasteiger partial charge in [-0.15, -0.1) is 0 Å². The van der Waals surface area contributed by atoms with Crippen LogP contribution < -0.4 is 10.1 Å². The standard InChI is InChI=1S/C35H42N4O4/c1-24-19-39(25(2)23-40)35(42)18-27-16-29(36-34(41)17-28-21-38(4)31-13-9-8-12-30(28)31)14-15-32(27)43-33(24)22-37(3)20-26-10-6-5-7-11-26/h5-16,21,24-25,33,40H,17-20,22-23H2,1-4H3,(H,36,41)/t24-,25-,33+/m1/s1. The van der Waals surface area contributed by atoms with Gasteiger partial charge >= 0.3 is 0 Å². The number of nitrogens with one attached hydrogen (secondary N) is 1. The molecule has 1 aromatic heterocycles. The molecule has 0 bridgehead atoms. The second kappa shape index (κ2) is 13.4. The van der Waals surface area contributed by atoms with E-state index in [2.05, 4.69) is 36.3 Å². The molecule has 0 unspecified atom stereocenters. The molecule has 1 aliphatic rings. The van der Waals surface area contributed by atoms with Crippen LogP contribution in [-0.2, 0) is 36.0 Å². The van der Waals surface area contributed by atoms with Crippen molar-refractivity contribution in [3.8, 4) is 5.75 Å². The van der Waals surface area contributed by atoms with Crippen LogP contribution in [0.15, 0.2) is 79.0 Å². The van der Waals surface area contributed by atoms with Crippen molar-refractivity contribution in [1.29, 1.82) is 0 Å². The van der Waals surface area contributed by atoms with Crippen LogP contribution in [0, 0.1) is 5.92 Å². The van der Waals surface area contributed by atoms with Gasteiger partial charge < -0.3 is 24.6 Å². The van der Waals surface area contributed by atoms with E-state index in [-0.39, 0.29) is 49.3 Å². The number of anilines is 1. The van der Waals surface area contributed by atoms with Crippen LogP contribution in [0.4, 0.5) is 5.69 Å². The van der Waals surface area contributed by atoms with Gasteiger partial charge in [-0.25, -0.2) is 0 Å². The summed E-state index contributed by atoms with van der Waals surface area (Å²) >= 11 is 0. The van der Waals surface area contributed by atoms with Crippen molar-refractivity contribution in [2.75, 3.05) is 32.1 Å². The Morgan fingerprint density at radius 1 is 1.12 bits per heavy atom. The number of hydrogen-bond donors (Lipinski definition) is 2. The minimum absolute atomic E-state index is 0.0159. The fourth-order valence-electron chi connectivity index (χ4n) is 5.94. The van der Waals surface area contributed by atoms with Gasteiger partial charge in [0, 0.05) is 61.0 Å². The van der Waals surface area contributed by atoms with Crippen LogP contribution in [0.25, 0.3) is 10.9 Å². The number of rotatable bonds is 9. The van der Waals surface area contributed by atoms with E-state index in [9.17, 15) is 14.7 Å². The monoisotopic (exact) mass is 582 g/mol. The van der Waals surface area contributed by atoms with Crippen LogP contribution >= 0.6 is 0 Å². The summed E-state index contributed by atoms with van der Waals surface area (Å²) in [5, 5.41) is 14.0. The molecule has 1 aliphatic heterocycles. The normalized spacial score (nSPS) is 18.0. The molecule has 8 heteroatoms. The predicted molar refractivity (Wildman–Crippen MR) is 170 cm³/mol. The molecule has 0 radical (unpaired) electrons. The average Bonchev–Trinajstić information content (AvgIpc) is 3.32. The number of carbonyl (C=O) groups is 2. The van der Waals surface area contributed by atoms with Gasteiger partial charge in [0.2, 0.25) is 11.8 Å². The Kier molecular flexibility index (Phi) is 9.48. The smallest absolute Gasteiger partial charge is 0.228 e. The van der Waals surface area contributed by atoms with Crippen molar-refractivity contribution in [3.05, 3.63) is 95.7 Å². The fraction of sp³-hybridized carbons (Fsp3) is 0.371. The van der Waals surface area contributed by atoms with Crippen molar-refractivity contribution < 1.29 is 19.4 Å². The first-order valence-electron chi connectivity index (χ1n) is 15.0. The van der Waals surface area contributed by atoms with Crippen LogP contribution in [0.3, 0.4) is 0 Å². The Bertz CT molecular complexity index is 1570. The summed E-state index contributed by atoms with van der Waals surface area (Å²) in [7, 11) is 4.05. The van der Waals surface area contributed by atoms with Gasteiger partial charge in [-0.05, 0) is 49.4 Å². The molecule has 43 heavy (non-hydrogen) atoms. The molecule has 8 nitrogen and oxygen atoms in total. The lowest BCUT2D eigenvalue weighted by Crippen LogP contribution is -2.47. The highest BCUT2D eigenvalue weighted by Gasteiger charge is 2.31. The van der Waals surface area contributed by atoms with Gasteiger partial charge in [-0.1, -0.05) is 55.5 Å². The Labute approximate surface area is 253 Å². The van der Waals surface area contributed by atoms with Gasteiger partial charge in [-0.2, -0.15) is 0 Å². The topological polar surface area (TPSA) is 87.0 Å². The maximum absolute atomic E-state index is 13.6. The molecule has 0 saturated carbocycles. The van der Waals surface area contributed by atoms with E-state index in [1.54, 1.807) is 4.90 Å². The maximum atomic E-state index is 13.6. The number of fused-ring (bicyclic) bond motifs is 2. The second-order valence-corrected chi connectivity index (χ2v) is 11.9. The van der Waals surface area contributed by atoms with Crippen LogP contribution in [0.5, 0.6) is 5.75 Å². The van der Waals surface area contributed by atoms with E-state index in [1.807, 2.05) is 85.4 Å². The van der Waals surface area contributed by atoms with Gasteiger partial charge in [-0.3, -0.25) is 14.5 Å². The number of aromatic nitrogens is 1. The van der Waals surface area contributed by atoms with E-state index in [0.29, 0.717) is 30.1 Å². The lowest BCUT2D eigenvalue weighted by Gasteiger charge is -2.34. The molecular formula is C35H42N4O4. The first-order valence-corrected chi connectivity index (χ1v) is 15.0. The highest BCUT2D eigenvalue weighted by Crippen LogP contribution is 2.30. The molecule has 3 aromatic carbocycles. The van der Waals surface area contributed by atoms with Gasteiger partial charge in [0.05, 0.1) is 25.5 Å². The fourth-order valence-corrected chi connectivity index (χ4v) is 5.94. The average molecular weight is 583 g/mol. The predicted octanol–water partition coefficient (Wildman–Crippen LogP) is 4.64. The van der Waals surface area contributed by atoms with Crippen LogP contribution in [0.2, 0.25) is 0 Å². The maximum Gasteiger partial charge on any atom is 0.228 e. The summed E-state index contributed by atoms with van der Waals surface area (Å²) in [4.78, 5) is 30.7. The number of aliphatic hydroxyl groups excluding tert-OH is 1. The zero-order chi connectivity index (χ0) is 30.5. The third kappa shape index (κ3) is 7.27. The van der Waals surface area contributed by atoms with Crippen molar-refractivity contribution >= 4 is 28.4 Å². The first kappa shape index (κ1) is 30.3. The minimum atomic E-state index is -0.317. The molecule has 2 N–H and O–H groups in total. The molecule has 4 aromatic rings. The number of para-hydroxylation sites is 1. The van der Waals surface area contributed by atoms with Crippen molar-refractivity contribution in [3.63, 3.8) is 0 Å². The van der Waals surface area contributed by atoms with E-state index in [0.717, 1.165) is 23.0 Å². The molecule has 226 valence electrons. The Morgan fingerprint density at radius 2 is 1.86 bits per heavy atom. The Morgan fingerprint density at radius 3 is 2.63 bits per heavy atom. The van der Waals surface area contributed by atoms with Crippen molar-refractivity contribution in [1.82, 2.24) is 14.4 Å². The molecule has 0 saturated heterocycles. The lowest BCUT2D eigenvalue weighted by molar-refractivity contribution is -0.134. The summed E-state index contributed by atoms with van der Waals surface area (Å²) in [5.74, 6) is 0.456. The zero-order valence-corrected chi connectivity index (χ0v) is 25.5. The molecule has 5 rings (SSSR count).